The van der Waals surface area contributed by atoms with Crippen molar-refractivity contribution in [3.05, 3.63) is 29.6 Å². The molecule has 0 fully saturated rings. The average molecular weight is 209 g/mol. The maximum Gasteiger partial charge on any atom is 0.332 e. The van der Waals surface area contributed by atoms with Crippen LogP contribution in [0.3, 0.4) is 0 Å². The predicted octanol–water partition coefficient (Wildman–Crippen LogP) is 0.459. The van der Waals surface area contributed by atoms with Crippen molar-refractivity contribution in [2.24, 2.45) is 7.05 Å². The molecule has 1 aromatic heterocycles. The van der Waals surface area contributed by atoms with Gasteiger partial charge in [-0.25, -0.2) is 4.79 Å². The molecule has 0 aliphatic rings. The SMILES string of the molecule is C=C(CNCc1cnn(C)c1C)C(=O)O. The molecule has 0 atom stereocenters. The van der Waals surface area contributed by atoms with Gasteiger partial charge in [-0.05, 0) is 6.92 Å². The van der Waals surface area contributed by atoms with Crippen LogP contribution < -0.4 is 5.32 Å². The van der Waals surface area contributed by atoms with Crippen molar-refractivity contribution in [1.29, 1.82) is 0 Å². The molecule has 0 unspecified atom stereocenters. The molecular weight excluding hydrogens is 194 g/mol. The lowest BCUT2D eigenvalue weighted by molar-refractivity contribution is -0.132. The lowest BCUT2D eigenvalue weighted by Gasteiger charge is -2.03. The fourth-order valence-electron chi connectivity index (χ4n) is 1.14. The molecule has 1 aromatic rings. The minimum absolute atomic E-state index is 0.163. The van der Waals surface area contributed by atoms with Crippen LogP contribution in [0.5, 0.6) is 0 Å². The van der Waals surface area contributed by atoms with Gasteiger partial charge in [0.1, 0.15) is 0 Å². The van der Waals surface area contributed by atoms with Crippen LogP contribution in [0.4, 0.5) is 0 Å². The number of carbonyl (C=O) groups is 1. The Morgan fingerprint density at radius 3 is 2.87 bits per heavy atom. The summed E-state index contributed by atoms with van der Waals surface area (Å²) in [7, 11) is 1.87. The summed E-state index contributed by atoms with van der Waals surface area (Å²) < 4.78 is 1.78. The van der Waals surface area contributed by atoms with Crippen molar-refractivity contribution in [3.63, 3.8) is 0 Å². The van der Waals surface area contributed by atoms with Crippen LogP contribution in [0.2, 0.25) is 0 Å². The molecule has 0 amide bonds. The van der Waals surface area contributed by atoms with Gasteiger partial charge in [0.2, 0.25) is 0 Å². The first-order valence-corrected chi connectivity index (χ1v) is 4.61. The van der Waals surface area contributed by atoms with E-state index >= 15 is 0 Å². The molecule has 82 valence electrons. The van der Waals surface area contributed by atoms with Gasteiger partial charge in [-0.15, -0.1) is 0 Å². The van der Waals surface area contributed by atoms with Crippen molar-refractivity contribution < 1.29 is 9.90 Å². The zero-order valence-electron chi connectivity index (χ0n) is 8.95. The molecule has 0 saturated carbocycles. The number of carboxylic acids is 1. The molecular formula is C10H15N3O2. The Bertz CT molecular complexity index is 382. The van der Waals surface area contributed by atoms with E-state index in [1.54, 1.807) is 10.9 Å². The summed E-state index contributed by atoms with van der Waals surface area (Å²) in [5.41, 5.74) is 2.30. The van der Waals surface area contributed by atoms with Crippen LogP contribution in [0.25, 0.3) is 0 Å². The Morgan fingerprint density at radius 1 is 1.73 bits per heavy atom. The van der Waals surface area contributed by atoms with E-state index in [1.165, 1.54) is 0 Å². The molecule has 1 heterocycles. The third-order valence-corrected chi connectivity index (χ3v) is 2.29. The Kier molecular flexibility index (Phi) is 3.62. The Labute approximate surface area is 88.4 Å². The van der Waals surface area contributed by atoms with E-state index < -0.39 is 5.97 Å². The van der Waals surface area contributed by atoms with E-state index in [1.807, 2.05) is 14.0 Å². The van der Waals surface area contributed by atoms with Gasteiger partial charge >= 0.3 is 5.97 Å². The molecule has 0 aliphatic heterocycles. The first-order chi connectivity index (χ1) is 7.02. The third kappa shape index (κ3) is 2.92. The highest BCUT2D eigenvalue weighted by molar-refractivity contribution is 5.86. The highest BCUT2D eigenvalue weighted by Crippen LogP contribution is 2.04. The van der Waals surface area contributed by atoms with Gasteiger partial charge in [0.15, 0.2) is 0 Å². The standard InChI is InChI=1S/C10H15N3O2/c1-7(10(14)15)4-11-5-9-6-12-13(3)8(9)2/h6,11H,1,4-5H2,2-3H3,(H,14,15). The quantitative estimate of drug-likeness (QED) is 0.691. The Morgan fingerprint density at radius 2 is 2.40 bits per heavy atom. The molecule has 0 spiro atoms. The summed E-state index contributed by atoms with van der Waals surface area (Å²) >= 11 is 0. The minimum atomic E-state index is -0.967. The second kappa shape index (κ2) is 4.75. The summed E-state index contributed by atoms with van der Waals surface area (Å²) in [6.45, 7) is 6.28. The normalized spacial score (nSPS) is 10.3. The largest absolute Gasteiger partial charge is 0.478 e. The molecule has 0 aliphatic carbocycles. The smallest absolute Gasteiger partial charge is 0.332 e. The Hall–Kier alpha value is -1.62. The van der Waals surface area contributed by atoms with Crippen LogP contribution in [-0.2, 0) is 18.4 Å². The van der Waals surface area contributed by atoms with Gasteiger partial charge in [-0.1, -0.05) is 6.58 Å². The molecule has 0 bridgehead atoms. The molecule has 15 heavy (non-hydrogen) atoms. The van der Waals surface area contributed by atoms with Gasteiger partial charge in [0.25, 0.3) is 0 Å². The molecule has 1 rings (SSSR count). The van der Waals surface area contributed by atoms with E-state index in [-0.39, 0.29) is 12.1 Å². The zero-order valence-corrected chi connectivity index (χ0v) is 8.95. The number of hydrogen-bond donors (Lipinski definition) is 2. The van der Waals surface area contributed by atoms with Gasteiger partial charge in [0.05, 0.1) is 6.20 Å². The number of carboxylic acid groups (broad SMARTS) is 1. The first kappa shape index (κ1) is 11.5. The van der Waals surface area contributed by atoms with E-state index in [9.17, 15) is 4.79 Å². The Balaban J connectivity index is 2.42. The highest BCUT2D eigenvalue weighted by Gasteiger charge is 2.05. The summed E-state index contributed by atoms with van der Waals surface area (Å²) in [5, 5.41) is 15.7. The van der Waals surface area contributed by atoms with Gasteiger partial charge in [-0.3, -0.25) is 4.68 Å². The second-order valence-corrected chi connectivity index (χ2v) is 3.39. The molecule has 2 N–H and O–H groups in total. The van der Waals surface area contributed by atoms with Gasteiger partial charge < -0.3 is 10.4 Å². The number of aromatic nitrogens is 2. The number of hydrogen-bond acceptors (Lipinski definition) is 3. The van der Waals surface area contributed by atoms with Gasteiger partial charge in [0, 0.05) is 37.0 Å². The number of nitrogens with one attached hydrogen (secondary N) is 1. The number of rotatable bonds is 5. The zero-order chi connectivity index (χ0) is 11.4. The lowest BCUT2D eigenvalue weighted by atomic mass is 10.2. The number of nitrogens with zero attached hydrogens (tertiary/aromatic N) is 2. The molecule has 0 radical (unpaired) electrons. The molecule has 0 saturated heterocycles. The van der Waals surface area contributed by atoms with Gasteiger partial charge in [-0.2, -0.15) is 5.10 Å². The van der Waals surface area contributed by atoms with Crippen molar-refractivity contribution in [2.45, 2.75) is 13.5 Å². The third-order valence-electron chi connectivity index (χ3n) is 2.29. The number of aliphatic carboxylic acids is 1. The molecule has 5 heteroatoms. The van der Waals surface area contributed by atoms with Crippen molar-refractivity contribution in [3.8, 4) is 0 Å². The minimum Gasteiger partial charge on any atom is -0.478 e. The van der Waals surface area contributed by atoms with Crippen LogP contribution in [-0.4, -0.2) is 27.4 Å². The van der Waals surface area contributed by atoms with Crippen molar-refractivity contribution in [2.75, 3.05) is 6.54 Å². The maximum absolute atomic E-state index is 10.5. The number of aryl methyl sites for hydroxylation is 1. The van der Waals surface area contributed by atoms with E-state index in [0.29, 0.717) is 6.54 Å². The van der Waals surface area contributed by atoms with Crippen LogP contribution >= 0.6 is 0 Å². The second-order valence-electron chi connectivity index (χ2n) is 3.39. The summed E-state index contributed by atoms with van der Waals surface area (Å²) in [5.74, 6) is -0.967. The van der Waals surface area contributed by atoms with Crippen LogP contribution in [0, 0.1) is 6.92 Å². The summed E-state index contributed by atoms with van der Waals surface area (Å²) in [4.78, 5) is 10.5. The fraction of sp³-hybridized carbons (Fsp3) is 0.400. The lowest BCUT2D eigenvalue weighted by Crippen LogP contribution is -2.20. The first-order valence-electron chi connectivity index (χ1n) is 4.61. The summed E-state index contributed by atoms with van der Waals surface area (Å²) in [6.07, 6.45) is 1.77. The average Bonchev–Trinajstić information content (AvgIpc) is 2.49. The highest BCUT2D eigenvalue weighted by atomic mass is 16.4. The predicted molar refractivity (Wildman–Crippen MR) is 56.4 cm³/mol. The van der Waals surface area contributed by atoms with E-state index in [4.69, 9.17) is 5.11 Å². The van der Waals surface area contributed by atoms with Crippen LogP contribution in [0.1, 0.15) is 11.3 Å². The molecule has 5 nitrogen and oxygen atoms in total. The molecule has 0 aromatic carbocycles. The topological polar surface area (TPSA) is 67.2 Å². The van der Waals surface area contributed by atoms with Crippen LogP contribution in [0.15, 0.2) is 18.3 Å². The van der Waals surface area contributed by atoms with E-state index in [2.05, 4.69) is 17.0 Å². The van der Waals surface area contributed by atoms with E-state index in [0.717, 1.165) is 11.3 Å². The summed E-state index contributed by atoms with van der Waals surface area (Å²) in [6, 6.07) is 0. The van der Waals surface area contributed by atoms with Crippen molar-refractivity contribution >= 4 is 5.97 Å². The van der Waals surface area contributed by atoms with Crippen molar-refractivity contribution in [1.82, 2.24) is 15.1 Å². The maximum atomic E-state index is 10.5. The fourth-order valence-corrected chi connectivity index (χ4v) is 1.14. The monoisotopic (exact) mass is 209 g/mol.